The maximum Gasteiger partial charge on any atom is 0.315 e. The number of urea groups is 1. The molecule has 0 radical (unpaired) electrons. The second-order valence-electron chi connectivity index (χ2n) is 16.4. The number of hydrogen-bond donors (Lipinski definition) is 9. The molecule has 0 aliphatic carbocycles. The summed E-state index contributed by atoms with van der Waals surface area (Å²) in [5.74, 6) is 0.204. The molecule has 2 aliphatic heterocycles. The summed E-state index contributed by atoms with van der Waals surface area (Å²) >= 11 is 1.89. The highest BCUT2D eigenvalue weighted by molar-refractivity contribution is 8.00. The number of nitrogens with zero attached hydrogens (tertiary/aromatic N) is 2. The Morgan fingerprint density at radius 3 is 2.08 bits per heavy atom. The van der Waals surface area contributed by atoms with Crippen LogP contribution in [0.5, 0.6) is 5.75 Å². The van der Waals surface area contributed by atoms with Crippen LogP contribution in [0.25, 0.3) is 0 Å². The zero-order valence-electron chi connectivity index (χ0n) is 40.0. The maximum atomic E-state index is 14.9. The van der Waals surface area contributed by atoms with E-state index in [0.717, 1.165) is 31.4 Å². The number of hydrogen-bond acceptors (Lipinski definition) is 16. The van der Waals surface area contributed by atoms with Gasteiger partial charge in [0.05, 0.1) is 63.6 Å². The van der Waals surface area contributed by atoms with Crippen molar-refractivity contribution in [2.45, 2.75) is 75.1 Å². The molecular formula is C48H68FN11O10S. The van der Waals surface area contributed by atoms with Crippen LogP contribution in [0.3, 0.4) is 0 Å². The molecule has 3 aromatic rings. The van der Waals surface area contributed by atoms with E-state index in [4.69, 9.17) is 29.4 Å². The van der Waals surface area contributed by atoms with E-state index in [1.54, 1.807) is 30.3 Å². The molecule has 21 nitrogen and oxygen atoms in total. The highest BCUT2D eigenvalue weighted by atomic mass is 32.2. The lowest BCUT2D eigenvalue weighted by Crippen LogP contribution is -2.36. The monoisotopic (exact) mass is 1010 g/mol. The van der Waals surface area contributed by atoms with Crippen molar-refractivity contribution >= 4 is 75.9 Å². The summed E-state index contributed by atoms with van der Waals surface area (Å²) in [6.07, 6.45) is 8.09. The van der Waals surface area contributed by atoms with Crippen LogP contribution >= 0.6 is 11.8 Å². The van der Waals surface area contributed by atoms with Crippen LogP contribution in [0.15, 0.2) is 61.3 Å². The number of carbonyl (C=O) groups excluding carboxylic acids is 5. The minimum Gasteiger partial charge on any atom is -0.488 e. The molecule has 5 rings (SSSR count). The van der Waals surface area contributed by atoms with Crippen LogP contribution in [0.2, 0.25) is 0 Å². The molecule has 2 saturated heterocycles. The first-order chi connectivity index (χ1) is 34.6. The number of nitrogens with one attached hydrogen (secondary N) is 8. The van der Waals surface area contributed by atoms with E-state index in [2.05, 4.69) is 59.1 Å². The van der Waals surface area contributed by atoms with Crippen LogP contribution in [0.1, 0.15) is 57.8 Å². The van der Waals surface area contributed by atoms with E-state index in [9.17, 15) is 28.4 Å². The first-order valence-electron chi connectivity index (χ1n) is 24.0. The Bertz CT molecular complexity index is 2180. The Kier molecular flexibility index (Phi) is 25.0. The number of thioether (sulfide) groups is 1. The van der Waals surface area contributed by atoms with Gasteiger partial charge in [0.1, 0.15) is 6.61 Å². The Morgan fingerprint density at radius 1 is 0.746 bits per heavy atom. The minimum atomic E-state index is -0.613. The predicted molar refractivity (Wildman–Crippen MR) is 270 cm³/mol. The highest BCUT2D eigenvalue weighted by Crippen LogP contribution is 2.33. The third-order valence-electron chi connectivity index (χ3n) is 10.8. The molecule has 71 heavy (non-hydrogen) atoms. The van der Waals surface area contributed by atoms with Gasteiger partial charge in [0.25, 0.3) is 0 Å². The molecule has 2 aromatic carbocycles. The van der Waals surface area contributed by atoms with E-state index in [1.807, 2.05) is 11.8 Å². The number of nitrogens with two attached hydrogens (primary N) is 1. The predicted octanol–water partition coefficient (Wildman–Crippen LogP) is 4.28. The molecule has 6 amide bonds. The van der Waals surface area contributed by atoms with E-state index < -0.39 is 5.82 Å². The summed E-state index contributed by atoms with van der Waals surface area (Å²) in [6, 6.07) is 11.6. The van der Waals surface area contributed by atoms with Gasteiger partial charge in [-0.3, -0.25) is 19.2 Å². The number of nitrogen functional groups attached to an aromatic ring is 1. The number of carbonyl (C=O) groups is 5. The Balaban J connectivity index is 0.763. The summed E-state index contributed by atoms with van der Waals surface area (Å²) in [4.78, 5) is 68.2. The summed E-state index contributed by atoms with van der Waals surface area (Å²) in [6.45, 7) is 8.02. The molecule has 2 aliphatic rings. The van der Waals surface area contributed by atoms with Gasteiger partial charge in [-0.25, -0.2) is 14.2 Å². The zero-order chi connectivity index (χ0) is 50.5. The van der Waals surface area contributed by atoms with Crippen molar-refractivity contribution in [3.63, 3.8) is 0 Å². The molecule has 10 N–H and O–H groups in total. The fourth-order valence-electron chi connectivity index (χ4n) is 7.25. The number of ether oxygens (including phenoxy) is 5. The molecule has 3 atom stereocenters. The van der Waals surface area contributed by atoms with E-state index >= 15 is 0 Å². The molecule has 23 heteroatoms. The molecule has 388 valence electrons. The molecule has 2 fully saturated rings. The number of rotatable bonds is 36. The van der Waals surface area contributed by atoms with Gasteiger partial charge >= 0.3 is 6.03 Å². The molecule has 1 aromatic heterocycles. The van der Waals surface area contributed by atoms with Gasteiger partial charge in [0.15, 0.2) is 17.4 Å². The summed E-state index contributed by atoms with van der Waals surface area (Å²) in [5, 5.41) is 23.6. The number of benzene rings is 2. The summed E-state index contributed by atoms with van der Waals surface area (Å²) in [7, 11) is 0. The molecule has 0 bridgehead atoms. The molecule has 3 heterocycles. The van der Waals surface area contributed by atoms with Crippen molar-refractivity contribution in [1.82, 2.24) is 36.6 Å². The van der Waals surface area contributed by atoms with Crippen LogP contribution in [-0.4, -0.2) is 142 Å². The van der Waals surface area contributed by atoms with Crippen molar-refractivity contribution < 1.29 is 52.0 Å². The van der Waals surface area contributed by atoms with Crippen LogP contribution in [0, 0.1) is 5.82 Å². The van der Waals surface area contributed by atoms with E-state index in [0.29, 0.717) is 100 Å². The third-order valence-corrected chi connectivity index (χ3v) is 12.4. The fraction of sp³-hybridized carbons (Fsp3) is 0.521. The lowest BCUT2D eigenvalue weighted by atomic mass is 10.0. The maximum absolute atomic E-state index is 14.9. The van der Waals surface area contributed by atoms with Crippen LogP contribution < -0.4 is 53.0 Å². The van der Waals surface area contributed by atoms with Crippen LogP contribution in [-0.2, 0) is 38.1 Å². The zero-order valence-corrected chi connectivity index (χ0v) is 40.8. The number of amides is 6. The third kappa shape index (κ3) is 21.7. The average Bonchev–Trinajstić information content (AvgIpc) is 3.91. The second kappa shape index (κ2) is 31.9. The fourth-order valence-corrected chi connectivity index (χ4v) is 8.79. The van der Waals surface area contributed by atoms with E-state index in [-0.39, 0.29) is 98.3 Å². The van der Waals surface area contributed by atoms with Crippen LogP contribution in [0.4, 0.5) is 43.7 Å². The smallest absolute Gasteiger partial charge is 0.315 e. The number of halogens is 1. The quantitative estimate of drug-likeness (QED) is 0.0223. The summed E-state index contributed by atoms with van der Waals surface area (Å²) in [5.41, 5.74) is 7.87. The first kappa shape index (κ1) is 55.7. The van der Waals surface area contributed by atoms with E-state index in [1.165, 1.54) is 24.4 Å². The standard InChI is InChI=1S/C48H68FN11O10S/c1-2-41(61)55-33-9-5-10-34(29-33)56-46-37(50)31-54-47(60-46)57-35-15-16-39(36(49)30-35)70-28-27-68-22-19-53-44(64)14-6-13-43(63)52-18-8-21-67-24-26-69-25-23-66-20-7-17-51-42(62)12-4-3-11-40-45-38(32-71-40)58-48(65)59-45/h2,5,9-10,15-16,29-31,38,40,45H,1,3-4,6-8,11-14,17-28,32,50H2,(H,51,62)(H,52,63)(H,53,64)(H,55,61)(H2,58,59,65)(H2,54,56,57,60)/t38-,40-,45-/m0/s1. The van der Waals surface area contributed by atoms with Crippen molar-refractivity contribution in [2.75, 3.05) is 107 Å². The van der Waals surface area contributed by atoms with Crippen molar-refractivity contribution in [3.05, 3.63) is 67.1 Å². The average molecular weight is 1010 g/mol. The second-order valence-corrected chi connectivity index (χ2v) is 17.7. The van der Waals surface area contributed by atoms with Crippen molar-refractivity contribution in [2.24, 2.45) is 0 Å². The number of unbranched alkanes of at least 4 members (excludes halogenated alkanes) is 1. The van der Waals surface area contributed by atoms with Crippen molar-refractivity contribution in [3.8, 4) is 5.75 Å². The lowest BCUT2D eigenvalue weighted by molar-refractivity contribution is -0.123. The highest BCUT2D eigenvalue weighted by Gasteiger charge is 2.42. The van der Waals surface area contributed by atoms with Gasteiger partial charge in [0, 0.05) is 86.2 Å². The Hall–Kier alpha value is -6.27. The topological polar surface area (TPSA) is 280 Å². The van der Waals surface area contributed by atoms with Gasteiger partial charge in [-0.05, 0) is 68.5 Å². The van der Waals surface area contributed by atoms with Gasteiger partial charge < -0.3 is 72.0 Å². The van der Waals surface area contributed by atoms with Gasteiger partial charge in [-0.2, -0.15) is 16.7 Å². The van der Waals surface area contributed by atoms with Crippen molar-refractivity contribution in [1.29, 1.82) is 0 Å². The molecule has 0 spiro atoms. The normalized spacial score (nSPS) is 15.7. The molecule has 0 saturated carbocycles. The Labute approximate surface area is 417 Å². The minimum absolute atomic E-state index is 0.0263. The first-order valence-corrected chi connectivity index (χ1v) is 25.0. The lowest BCUT2D eigenvalue weighted by Gasteiger charge is -2.16. The van der Waals surface area contributed by atoms with Gasteiger partial charge in [0.2, 0.25) is 29.6 Å². The van der Waals surface area contributed by atoms with Gasteiger partial charge in [-0.1, -0.05) is 19.1 Å². The molecule has 0 unspecified atom stereocenters. The Morgan fingerprint density at radius 2 is 1.38 bits per heavy atom. The van der Waals surface area contributed by atoms with Gasteiger partial charge in [-0.15, -0.1) is 0 Å². The number of fused-ring (bicyclic) bond motifs is 1. The molecular weight excluding hydrogens is 942 g/mol. The number of aromatic nitrogens is 2. The summed E-state index contributed by atoms with van der Waals surface area (Å²) < 4.78 is 42.5. The SMILES string of the molecule is C=CC(=O)Nc1cccc(Nc2nc(Nc3ccc(OCCOCCNC(=O)CCCC(=O)NCCCOCCOCCOCCCNC(=O)CCCC[C@@H]4SC[C@@H]5NC(=O)N[C@@H]54)c(F)c3)ncc2N)c1. The number of anilines is 6. The largest absolute Gasteiger partial charge is 0.488 e.